The lowest BCUT2D eigenvalue weighted by molar-refractivity contribution is 0.0792. The summed E-state index contributed by atoms with van der Waals surface area (Å²) in [5.41, 5.74) is 4.39. The highest BCUT2D eigenvalue weighted by Crippen LogP contribution is 2.22. The zero-order valence-electron chi connectivity index (χ0n) is 15.9. The Morgan fingerprint density at radius 1 is 1.22 bits per heavy atom. The molecule has 5 nitrogen and oxygen atoms in total. The number of nitrogens with zero attached hydrogens (tertiary/aromatic N) is 2. The number of hydrogen-bond acceptors (Lipinski definition) is 4. The molecule has 1 fully saturated rings. The van der Waals surface area contributed by atoms with Crippen molar-refractivity contribution in [2.45, 2.75) is 26.2 Å². The maximum atomic E-state index is 12.6. The monoisotopic (exact) mass is 363 g/mol. The molecule has 0 unspecified atom stereocenters. The van der Waals surface area contributed by atoms with Crippen LogP contribution in [0.3, 0.4) is 0 Å². The first-order chi connectivity index (χ1) is 13.1. The molecule has 2 aromatic carbocycles. The molecule has 1 saturated heterocycles. The number of amides is 1. The average Bonchev–Trinajstić information content (AvgIpc) is 3.22. The van der Waals surface area contributed by atoms with Gasteiger partial charge >= 0.3 is 0 Å². The summed E-state index contributed by atoms with van der Waals surface area (Å²) in [4.78, 5) is 14.5. The second kappa shape index (κ2) is 8.59. The molecule has 1 N–H and O–H groups in total. The van der Waals surface area contributed by atoms with Crippen LogP contribution < -0.4 is 10.1 Å². The molecule has 5 heteroatoms. The van der Waals surface area contributed by atoms with E-state index in [4.69, 9.17) is 10.00 Å². The molecule has 0 aromatic heterocycles. The molecule has 0 bridgehead atoms. The van der Waals surface area contributed by atoms with Crippen molar-refractivity contribution in [2.24, 2.45) is 0 Å². The van der Waals surface area contributed by atoms with E-state index in [0.29, 0.717) is 12.1 Å². The van der Waals surface area contributed by atoms with Gasteiger partial charge in [0.25, 0.3) is 5.91 Å². The van der Waals surface area contributed by atoms with Gasteiger partial charge in [-0.15, -0.1) is 0 Å². The first-order valence-electron chi connectivity index (χ1n) is 9.33. The maximum absolute atomic E-state index is 12.6. The number of nitrogens with one attached hydrogen (secondary N) is 1. The summed E-state index contributed by atoms with van der Waals surface area (Å²) in [6.07, 6.45) is 2.94. The molecule has 0 atom stereocenters. The Bertz CT molecular complexity index is 864. The fourth-order valence-corrected chi connectivity index (χ4v) is 3.49. The lowest BCUT2D eigenvalue weighted by Gasteiger charge is -2.17. The number of carbonyl (C=O) groups is 1. The minimum absolute atomic E-state index is 0.134. The Kier molecular flexibility index (Phi) is 5.97. The van der Waals surface area contributed by atoms with Gasteiger partial charge in [0, 0.05) is 30.9 Å². The van der Waals surface area contributed by atoms with Crippen molar-refractivity contribution >= 4 is 11.6 Å². The average molecular weight is 363 g/mol. The molecule has 3 rings (SSSR count). The van der Waals surface area contributed by atoms with Crippen LogP contribution in [0.5, 0.6) is 5.75 Å². The first kappa shape index (κ1) is 18.8. The highest BCUT2D eigenvalue weighted by atomic mass is 16.5. The normalized spacial score (nSPS) is 13.3. The number of aryl methyl sites for hydroxylation is 1. The quantitative estimate of drug-likeness (QED) is 0.848. The highest BCUT2D eigenvalue weighted by Gasteiger charge is 2.20. The van der Waals surface area contributed by atoms with Crippen molar-refractivity contribution in [1.82, 2.24) is 4.90 Å². The Labute approximate surface area is 160 Å². The van der Waals surface area contributed by atoms with Crippen LogP contribution in [0.25, 0.3) is 0 Å². The number of nitriles is 1. The maximum Gasteiger partial charge on any atom is 0.254 e. The molecular weight excluding hydrogens is 338 g/mol. The van der Waals surface area contributed by atoms with Gasteiger partial charge in [-0.2, -0.15) is 5.26 Å². The van der Waals surface area contributed by atoms with Gasteiger partial charge in [-0.1, -0.05) is 0 Å². The summed E-state index contributed by atoms with van der Waals surface area (Å²) >= 11 is 0. The largest absolute Gasteiger partial charge is 0.496 e. The lowest BCUT2D eigenvalue weighted by atomic mass is 10.1. The van der Waals surface area contributed by atoms with Crippen molar-refractivity contribution < 1.29 is 9.53 Å². The number of hydrogen-bond donors (Lipinski definition) is 1. The van der Waals surface area contributed by atoms with Crippen LogP contribution in [-0.2, 0) is 6.42 Å². The molecule has 2 aromatic rings. The summed E-state index contributed by atoms with van der Waals surface area (Å²) in [6.45, 7) is 4.42. The van der Waals surface area contributed by atoms with Crippen LogP contribution in [-0.4, -0.2) is 37.6 Å². The smallest absolute Gasteiger partial charge is 0.254 e. The van der Waals surface area contributed by atoms with E-state index >= 15 is 0 Å². The van der Waals surface area contributed by atoms with E-state index in [0.717, 1.165) is 60.5 Å². The van der Waals surface area contributed by atoms with Gasteiger partial charge in [0.2, 0.25) is 0 Å². The van der Waals surface area contributed by atoms with Crippen molar-refractivity contribution in [3.05, 3.63) is 58.7 Å². The van der Waals surface area contributed by atoms with Crippen LogP contribution in [0.1, 0.15) is 39.9 Å². The van der Waals surface area contributed by atoms with E-state index < -0.39 is 0 Å². The van der Waals surface area contributed by atoms with Gasteiger partial charge in [-0.05, 0) is 73.7 Å². The summed E-state index contributed by atoms with van der Waals surface area (Å²) in [5.74, 6) is 0.924. The second-order valence-electron chi connectivity index (χ2n) is 6.84. The summed E-state index contributed by atoms with van der Waals surface area (Å²) in [6, 6.07) is 13.5. The lowest BCUT2D eigenvalue weighted by Crippen LogP contribution is -2.28. The van der Waals surface area contributed by atoms with E-state index in [1.165, 1.54) is 0 Å². The number of anilines is 1. The van der Waals surface area contributed by atoms with Gasteiger partial charge in [0.15, 0.2) is 0 Å². The fraction of sp³-hybridized carbons (Fsp3) is 0.364. The zero-order chi connectivity index (χ0) is 19.2. The van der Waals surface area contributed by atoms with E-state index in [9.17, 15) is 4.79 Å². The molecule has 1 aliphatic heterocycles. The van der Waals surface area contributed by atoms with E-state index in [2.05, 4.69) is 11.4 Å². The predicted molar refractivity (Wildman–Crippen MR) is 106 cm³/mol. The Morgan fingerprint density at radius 2 is 2.00 bits per heavy atom. The topological polar surface area (TPSA) is 65.4 Å². The number of ether oxygens (including phenoxy) is 1. The SMILES string of the molecule is COc1ccc(C#N)cc1CCNc1ccc(C(=O)N2CCCC2)c(C)c1. The molecule has 0 saturated carbocycles. The third kappa shape index (κ3) is 4.40. The van der Waals surface area contributed by atoms with Crippen LogP contribution >= 0.6 is 0 Å². The molecule has 27 heavy (non-hydrogen) atoms. The first-order valence-corrected chi connectivity index (χ1v) is 9.33. The van der Waals surface area contributed by atoms with Gasteiger partial charge in [0.05, 0.1) is 18.7 Å². The molecular formula is C22H25N3O2. The van der Waals surface area contributed by atoms with Gasteiger partial charge in [0.1, 0.15) is 5.75 Å². The zero-order valence-corrected chi connectivity index (χ0v) is 15.9. The molecule has 0 spiro atoms. The number of benzene rings is 2. The molecule has 140 valence electrons. The van der Waals surface area contributed by atoms with E-state index in [-0.39, 0.29) is 5.91 Å². The molecule has 1 amide bonds. The minimum atomic E-state index is 0.134. The van der Waals surface area contributed by atoms with Gasteiger partial charge in [-0.25, -0.2) is 0 Å². The van der Waals surface area contributed by atoms with Gasteiger partial charge < -0.3 is 15.0 Å². The van der Waals surface area contributed by atoms with Crippen molar-refractivity contribution in [3.8, 4) is 11.8 Å². The van der Waals surface area contributed by atoms with Crippen molar-refractivity contribution in [2.75, 3.05) is 32.1 Å². The van der Waals surface area contributed by atoms with Crippen LogP contribution in [0.2, 0.25) is 0 Å². The molecule has 0 radical (unpaired) electrons. The number of carbonyl (C=O) groups excluding carboxylic acids is 1. The Hall–Kier alpha value is -3.00. The minimum Gasteiger partial charge on any atom is -0.496 e. The second-order valence-corrected chi connectivity index (χ2v) is 6.84. The number of rotatable bonds is 6. The van der Waals surface area contributed by atoms with Crippen LogP contribution in [0, 0.1) is 18.3 Å². The molecule has 0 aliphatic carbocycles. The summed E-state index contributed by atoms with van der Waals surface area (Å²) in [5, 5.41) is 12.5. The van der Waals surface area contributed by atoms with E-state index in [1.54, 1.807) is 13.2 Å². The highest BCUT2D eigenvalue weighted by molar-refractivity contribution is 5.96. The molecule has 1 aliphatic rings. The summed E-state index contributed by atoms with van der Waals surface area (Å²) < 4.78 is 5.38. The molecule has 1 heterocycles. The fourth-order valence-electron chi connectivity index (χ4n) is 3.49. The van der Waals surface area contributed by atoms with Gasteiger partial charge in [-0.3, -0.25) is 4.79 Å². The third-order valence-corrected chi connectivity index (χ3v) is 4.98. The van der Waals surface area contributed by atoms with Crippen LogP contribution in [0.4, 0.5) is 5.69 Å². The number of likely N-dealkylation sites (tertiary alicyclic amines) is 1. The standard InChI is InChI=1S/C22H25N3O2/c1-16-13-19(6-7-20(16)22(26)25-11-3-4-12-25)24-10-9-18-14-17(15-23)5-8-21(18)27-2/h5-8,13-14,24H,3-4,9-12H2,1-2H3. The van der Waals surface area contributed by atoms with Crippen molar-refractivity contribution in [1.29, 1.82) is 5.26 Å². The summed E-state index contributed by atoms with van der Waals surface area (Å²) in [7, 11) is 1.64. The van der Waals surface area contributed by atoms with Crippen molar-refractivity contribution in [3.63, 3.8) is 0 Å². The van der Waals surface area contributed by atoms with E-state index in [1.807, 2.05) is 42.2 Å². The Morgan fingerprint density at radius 3 is 2.67 bits per heavy atom. The number of methoxy groups -OCH3 is 1. The Balaban J connectivity index is 1.63. The van der Waals surface area contributed by atoms with Crippen LogP contribution in [0.15, 0.2) is 36.4 Å². The predicted octanol–water partition coefficient (Wildman–Crippen LogP) is 3.77. The third-order valence-electron chi connectivity index (χ3n) is 4.98.